The quantitative estimate of drug-likeness (QED) is 0.422. The number of methoxy groups -OCH3 is 2. The Bertz CT molecular complexity index is 1270. The Balaban J connectivity index is 1.93. The molecule has 2 aromatic rings. The van der Waals surface area contributed by atoms with Gasteiger partial charge in [-0.05, 0) is 49.6 Å². The van der Waals surface area contributed by atoms with E-state index < -0.39 is 28.5 Å². The van der Waals surface area contributed by atoms with Gasteiger partial charge in [-0.1, -0.05) is 42.1 Å². The van der Waals surface area contributed by atoms with Crippen molar-refractivity contribution in [3.63, 3.8) is 0 Å². The Morgan fingerprint density at radius 1 is 1.03 bits per heavy atom. The first-order valence-corrected chi connectivity index (χ1v) is 14.8. The van der Waals surface area contributed by atoms with E-state index in [2.05, 4.69) is 5.32 Å². The summed E-state index contributed by atoms with van der Waals surface area (Å²) in [4.78, 5) is 28.2. The minimum Gasteiger partial charge on any atom is -0.493 e. The fourth-order valence-corrected chi connectivity index (χ4v) is 5.57. The first-order valence-electron chi connectivity index (χ1n) is 12.2. The van der Waals surface area contributed by atoms with E-state index in [1.165, 1.54) is 31.3 Å². The third-order valence-electron chi connectivity index (χ3n) is 6.54. The molecule has 12 heteroatoms. The highest BCUT2D eigenvalue weighted by molar-refractivity contribution is 7.92. The van der Waals surface area contributed by atoms with Gasteiger partial charge in [-0.25, -0.2) is 8.42 Å². The van der Waals surface area contributed by atoms with E-state index in [0.29, 0.717) is 27.1 Å². The SMILES string of the molecule is COc1ccc(N(CC(=O)N(Cc2ccc(Cl)c(Cl)c2)C(C)C(=O)NC2CCCC2)S(C)(=O)=O)cc1OC. The van der Waals surface area contributed by atoms with Crippen molar-refractivity contribution in [3.8, 4) is 11.5 Å². The molecule has 0 radical (unpaired) electrons. The molecule has 38 heavy (non-hydrogen) atoms. The summed E-state index contributed by atoms with van der Waals surface area (Å²) in [5.41, 5.74) is 0.862. The molecule has 1 unspecified atom stereocenters. The lowest BCUT2D eigenvalue weighted by Crippen LogP contribution is -2.52. The normalized spacial score (nSPS) is 14.6. The van der Waals surface area contributed by atoms with E-state index in [0.717, 1.165) is 36.2 Å². The second-order valence-electron chi connectivity index (χ2n) is 9.24. The van der Waals surface area contributed by atoms with Crippen molar-refractivity contribution in [3.05, 3.63) is 52.0 Å². The number of hydrogen-bond acceptors (Lipinski definition) is 6. The minimum atomic E-state index is -3.89. The topological polar surface area (TPSA) is 105 Å². The van der Waals surface area contributed by atoms with E-state index in [9.17, 15) is 18.0 Å². The molecule has 1 atom stereocenters. The summed E-state index contributed by atoms with van der Waals surface area (Å²) in [7, 11) is -0.992. The molecule has 0 saturated heterocycles. The van der Waals surface area contributed by atoms with E-state index in [1.807, 2.05) is 0 Å². The molecular weight excluding hydrogens is 553 g/mol. The number of amides is 2. The summed E-state index contributed by atoms with van der Waals surface area (Å²) in [5, 5.41) is 3.69. The molecule has 0 bridgehead atoms. The Morgan fingerprint density at radius 2 is 1.68 bits per heavy atom. The molecule has 1 N–H and O–H groups in total. The fraction of sp³-hybridized carbons (Fsp3) is 0.462. The second-order valence-corrected chi connectivity index (χ2v) is 12.0. The molecule has 1 aliphatic rings. The van der Waals surface area contributed by atoms with E-state index in [1.54, 1.807) is 31.2 Å². The van der Waals surface area contributed by atoms with Crippen LogP contribution in [0.15, 0.2) is 36.4 Å². The highest BCUT2D eigenvalue weighted by Gasteiger charge is 2.31. The van der Waals surface area contributed by atoms with Crippen LogP contribution in [0.1, 0.15) is 38.2 Å². The molecule has 1 fully saturated rings. The van der Waals surface area contributed by atoms with Gasteiger partial charge in [-0.3, -0.25) is 13.9 Å². The molecule has 2 amide bonds. The van der Waals surface area contributed by atoms with Gasteiger partial charge in [0.2, 0.25) is 21.8 Å². The van der Waals surface area contributed by atoms with Gasteiger partial charge in [0, 0.05) is 18.7 Å². The second kappa shape index (κ2) is 12.9. The lowest BCUT2D eigenvalue weighted by molar-refractivity contribution is -0.139. The zero-order valence-corrected chi connectivity index (χ0v) is 24.2. The minimum absolute atomic E-state index is 0.0263. The summed E-state index contributed by atoms with van der Waals surface area (Å²) in [5.74, 6) is -0.148. The average molecular weight is 587 g/mol. The third-order valence-corrected chi connectivity index (χ3v) is 8.42. The molecule has 2 aromatic carbocycles. The Labute approximate surface area is 234 Å². The van der Waals surface area contributed by atoms with Crippen LogP contribution in [0.4, 0.5) is 5.69 Å². The van der Waals surface area contributed by atoms with Crippen LogP contribution in [0.5, 0.6) is 11.5 Å². The van der Waals surface area contributed by atoms with Crippen LogP contribution in [0, 0.1) is 0 Å². The number of nitrogens with zero attached hydrogens (tertiary/aromatic N) is 2. The monoisotopic (exact) mass is 585 g/mol. The summed E-state index contributed by atoms with van der Waals surface area (Å²) in [6, 6.07) is 8.69. The molecule has 208 valence electrons. The van der Waals surface area contributed by atoms with Crippen molar-refractivity contribution >= 4 is 50.7 Å². The van der Waals surface area contributed by atoms with Gasteiger partial charge < -0.3 is 19.7 Å². The summed E-state index contributed by atoms with van der Waals surface area (Å²) < 4.78 is 37.1. The Hall–Kier alpha value is -2.69. The maximum absolute atomic E-state index is 13.7. The molecular formula is C26H33Cl2N3O6S. The molecule has 1 aliphatic carbocycles. The van der Waals surface area contributed by atoms with Gasteiger partial charge in [-0.15, -0.1) is 0 Å². The maximum Gasteiger partial charge on any atom is 0.244 e. The zero-order valence-electron chi connectivity index (χ0n) is 21.9. The number of carbonyl (C=O) groups is 2. The van der Waals surface area contributed by atoms with Crippen molar-refractivity contribution in [2.45, 2.75) is 51.2 Å². The van der Waals surface area contributed by atoms with Crippen LogP contribution in [-0.2, 0) is 26.2 Å². The Morgan fingerprint density at radius 3 is 2.26 bits per heavy atom. The average Bonchev–Trinajstić information content (AvgIpc) is 3.39. The molecule has 0 aromatic heterocycles. The van der Waals surface area contributed by atoms with Crippen molar-refractivity contribution in [2.75, 3.05) is 31.3 Å². The van der Waals surface area contributed by atoms with Gasteiger partial charge >= 0.3 is 0 Å². The van der Waals surface area contributed by atoms with E-state index in [-0.39, 0.29) is 24.2 Å². The largest absolute Gasteiger partial charge is 0.493 e. The lowest BCUT2D eigenvalue weighted by atomic mass is 10.1. The highest BCUT2D eigenvalue weighted by Crippen LogP contribution is 2.32. The van der Waals surface area contributed by atoms with Crippen molar-refractivity contribution in [1.82, 2.24) is 10.2 Å². The number of ether oxygens (including phenoxy) is 2. The van der Waals surface area contributed by atoms with Crippen LogP contribution >= 0.6 is 23.2 Å². The van der Waals surface area contributed by atoms with Crippen molar-refractivity contribution < 1.29 is 27.5 Å². The van der Waals surface area contributed by atoms with Gasteiger partial charge in [0.05, 0.1) is 36.2 Å². The molecule has 0 heterocycles. The van der Waals surface area contributed by atoms with E-state index in [4.69, 9.17) is 32.7 Å². The number of anilines is 1. The van der Waals surface area contributed by atoms with Crippen molar-refractivity contribution in [1.29, 1.82) is 0 Å². The number of benzene rings is 2. The van der Waals surface area contributed by atoms with Crippen LogP contribution in [-0.4, -0.2) is 64.2 Å². The van der Waals surface area contributed by atoms with E-state index >= 15 is 0 Å². The summed E-state index contributed by atoms with van der Waals surface area (Å²) >= 11 is 12.2. The first-order chi connectivity index (χ1) is 17.9. The highest BCUT2D eigenvalue weighted by atomic mass is 35.5. The van der Waals surface area contributed by atoms with Crippen LogP contribution in [0.2, 0.25) is 10.0 Å². The van der Waals surface area contributed by atoms with Crippen LogP contribution in [0.3, 0.4) is 0 Å². The van der Waals surface area contributed by atoms with Gasteiger partial charge in [0.15, 0.2) is 11.5 Å². The van der Waals surface area contributed by atoms with Crippen LogP contribution in [0.25, 0.3) is 0 Å². The molecule has 3 rings (SSSR count). The maximum atomic E-state index is 13.7. The lowest BCUT2D eigenvalue weighted by Gasteiger charge is -2.32. The number of hydrogen-bond donors (Lipinski definition) is 1. The third kappa shape index (κ3) is 7.45. The van der Waals surface area contributed by atoms with Gasteiger partial charge in [0.25, 0.3) is 0 Å². The number of rotatable bonds is 11. The first kappa shape index (κ1) is 29.9. The predicted molar refractivity (Wildman–Crippen MR) is 149 cm³/mol. The molecule has 0 spiro atoms. The standard InChI is InChI=1S/C26H33Cl2N3O6S/c1-17(26(33)29-19-7-5-6-8-19)30(15-18-9-11-21(27)22(28)13-18)25(32)16-31(38(4,34)35)20-10-12-23(36-2)24(14-20)37-3/h9-14,17,19H,5-8,15-16H2,1-4H3,(H,29,33). The number of halogens is 2. The molecule has 0 aliphatic heterocycles. The fourth-order valence-electron chi connectivity index (χ4n) is 4.40. The van der Waals surface area contributed by atoms with Crippen LogP contribution < -0.4 is 19.1 Å². The summed E-state index contributed by atoms with van der Waals surface area (Å²) in [6.07, 6.45) is 4.87. The smallest absolute Gasteiger partial charge is 0.244 e. The molecule has 9 nitrogen and oxygen atoms in total. The zero-order chi connectivity index (χ0) is 28.0. The summed E-state index contributed by atoms with van der Waals surface area (Å²) in [6.45, 7) is 1.12. The number of nitrogens with one attached hydrogen (secondary N) is 1. The van der Waals surface area contributed by atoms with Gasteiger partial charge in [-0.2, -0.15) is 0 Å². The Kier molecular flexibility index (Phi) is 10.1. The number of carbonyl (C=O) groups excluding carboxylic acids is 2. The van der Waals surface area contributed by atoms with Gasteiger partial charge in [0.1, 0.15) is 12.6 Å². The molecule has 1 saturated carbocycles. The van der Waals surface area contributed by atoms with Crippen molar-refractivity contribution in [2.24, 2.45) is 0 Å². The number of sulfonamides is 1. The predicted octanol–water partition coefficient (Wildman–Crippen LogP) is 4.25.